The largest absolute Gasteiger partial charge is 0.397 e. The van der Waals surface area contributed by atoms with Crippen LogP contribution in [0, 0.1) is 18.6 Å². The van der Waals surface area contributed by atoms with E-state index in [0.717, 1.165) is 17.7 Å². The molecule has 2 aromatic rings. The summed E-state index contributed by atoms with van der Waals surface area (Å²) in [6.45, 7) is 1.84. The second-order valence-corrected chi connectivity index (χ2v) is 3.68. The number of benzene rings is 1. The smallest absolute Gasteiger partial charge is 0.160 e. The number of pyridine rings is 1. The van der Waals surface area contributed by atoms with Crippen LogP contribution >= 0.6 is 0 Å². The molecule has 1 heterocycles. The first-order valence-corrected chi connectivity index (χ1v) is 5.00. The third kappa shape index (κ3) is 2.50. The average molecular weight is 235 g/mol. The van der Waals surface area contributed by atoms with Crippen LogP contribution in [0.15, 0.2) is 30.5 Å². The van der Waals surface area contributed by atoms with Gasteiger partial charge in [0.2, 0.25) is 0 Å². The highest BCUT2D eigenvalue weighted by molar-refractivity contribution is 5.59. The Balaban J connectivity index is 2.25. The van der Waals surface area contributed by atoms with Gasteiger partial charge in [0.1, 0.15) is 5.82 Å². The van der Waals surface area contributed by atoms with Crippen molar-refractivity contribution in [3.8, 4) is 0 Å². The Morgan fingerprint density at radius 1 is 1.18 bits per heavy atom. The van der Waals surface area contributed by atoms with E-state index < -0.39 is 11.6 Å². The van der Waals surface area contributed by atoms with Crippen molar-refractivity contribution in [2.75, 3.05) is 11.1 Å². The average Bonchev–Trinajstić information content (AvgIpc) is 2.29. The van der Waals surface area contributed by atoms with Crippen LogP contribution in [0.2, 0.25) is 0 Å². The summed E-state index contributed by atoms with van der Waals surface area (Å²) in [5.41, 5.74) is 7.51. The zero-order valence-electron chi connectivity index (χ0n) is 9.17. The summed E-state index contributed by atoms with van der Waals surface area (Å²) in [4.78, 5) is 4.03. The SMILES string of the molecule is Cc1cc(Nc2ccc(F)c(F)c2)ncc1N. The first-order chi connectivity index (χ1) is 8.06. The monoisotopic (exact) mass is 235 g/mol. The van der Waals surface area contributed by atoms with Crippen molar-refractivity contribution in [2.24, 2.45) is 0 Å². The second kappa shape index (κ2) is 4.37. The van der Waals surface area contributed by atoms with Gasteiger partial charge >= 0.3 is 0 Å². The van der Waals surface area contributed by atoms with Crippen molar-refractivity contribution in [3.05, 3.63) is 47.7 Å². The van der Waals surface area contributed by atoms with Crippen molar-refractivity contribution in [3.63, 3.8) is 0 Å². The minimum absolute atomic E-state index is 0.431. The van der Waals surface area contributed by atoms with E-state index in [2.05, 4.69) is 10.3 Å². The molecule has 0 aliphatic rings. The number of nitrogens with two attached hydrogens (primary N) is 1. The molecule has 0 bridgehead atoms. The van der Waals surface area contributed by atoms with Crippen LogP contribution in [0.4, 0.5) is 26.0 Å². The van der Waals surface area contributed by atoms with Gasteiger partial charge < -0.3 is 11.1 Å². The summed E-state index contributed by atoms with van der Waals surface area (Å²) in [6, 6.07) is 5.30. The van der Waals surface area contributed by atoms with Crippen molar-refractivity contribution >= 4 is 17.2 Å². The molecular formula is C12H11F2N3. The molecule has 0 saturated carbocycles. The van der Waals surface area contributed by atoms with E-state index in [1.807, 2.05) is 6.92 Å². The van der Waals surface area contributed by atoms with Crippen LogP contribution in [0.3, 0.4) is 0 Å². The topological polar surface area (TPSA) is 50.9 Å². The Kier molecular flexibility index (Phi) is 2.91. The standard InChI is InChI=1S/C12H11F2N3/c1-7-4-12(16-6-11(7)15)17-8-2-3-9(13)10(14)5-8/h2-6H,15H2,1H3,(H,16,17). The fourth-order valence-corrected chi connectivity index (χ4v) is 1.36. The summed E-state index contributed by atoms with van der Waals surface area (Å²) >= 11 is 0. The van der Waals surface area contributed by atoms with E-state index in [9.17, 15) is 8.78 Å². The van der Waals surface area contributed by atoms with Crippen molar-refractivity contribution < 1.29 is 8.78 Å². The van der Waals surface area contributed by atoms with Crippen LogP contribution in [0.25, 0.3) is 0 Å². The maximum absolute atomic E-state index is 13.0. The molecule has 0 spiro atoms. The predicted octanol–water partition coefficient (Wildman–Crippen LogP) is 2.99. The molecule has 1 aromatic heterocycles. The Bertz CT molecular complexity index is 506. The molecule has 0 fully saturated rings. The van der Waals surface area contributed by atoms with Gasteiger partial charge in [-0.15, -0.1) is 0 Å². The van der Waals surface area contributed by atoms with Gasteiger partial charge in [0.05, 0.1) is 11.9 Å². The van der Waals surface area contributed by atoms with Gasteiger partial charge in [-0.05, 0) is 30.7 Å². The summed E-state index contributed by atoms with van der Waals surface area (Å²) in [6.07, 6.45) is 1.51. The number of rotatable bonds is 2. The zero-order chi connectivity index (χ0) is 12.4. The molecule has 0 saturated heterocycles. The minimum Gasteiger partial charge on any atom is -0.397 e. The highest BCUT2D eigenvalue weighted by Crippen LogP contribution is 2.19. The number of anilines is 3. The molecular weight excluding hydrogens is 224 g/mol. The summed E-state index contributed by atoms with van der Waals surface area (Å²) in [7, 11) is 0. The molecule has 0 unspecified atom stereocenters. The number of nitrogen functional groups attached to an aromatic ring is 1. The number of halogens is 2. The maximum atomic E-state index is 13.0. The number of hydrogen-bond acceptors (Lipinski definition) is 3. The van der Waals surface area contributed by atoms with Gasteiger partial charge in [0, 0.05) is 11.8 Å². The molecule has 88 valence electrons. The van der Waals surface area contributed by atoms with Gasteiger partial charge in [-0.2, -0.15) is 0 Å². The minimum atomic E-state index is -0.901. The van der Waals surface area contributed by atoms with Crippen LogP contribution < -0.4 is 11.1 Å². The van der Waals surface area contributed by atoms with Crippen molar-refractivity contribution in [1.82, 2.24) is 4.98 Å². The molecule has 0 amide bonds. The molecule has 0 atom stereocenters. The van der Waals surface area contributed by atoms with Crippen LogP contribution in [-0.2, 0) is 0 Å². The van der Waals surface area contributed by atoms with Gasteiger partial charge in [-0.3, -0.25) is 0 Å². The first-order valence-electron chi connectivity index (χ1n) is 5.00. The molecule has 0 radical (unpaired) electrons. The van der Waals surface area contributed by atoms with Gasteiger partial charge in [-0.1, -0.05) is 0 Å². The lowest BCUT2D eigenvalue weighted by molar-refractivity contribution is 0.509. The predicted molar refractivity (Wildman–Crippen MR) is 63.0 cm³/mol. The molecule has 3 N–H and O–H groups in total. The Labute approximate surface area is 97.3 Å². The van der Waals surface area contributed by atoms with E-state index in [0.29, 0.717) is 17.2 Å². The quantitative estimate of drug-likeness (QED) is 0.841. The highest BCUT2D eigenvalue weighted by atomic mass is 19.2. The molecule has 0 aliphatic heterocycles. The first kappa shape index (κ1) is 11.3. The summed E-state index contributed by atoms with van der Waals surface area (Å²) in [5, 5.41) is 2.87. The molecule has 17 heavy (non-hydrogen) atoms. The fourth-order valence-electron chi connectivity index (χ4n) is 1.36. The number of aromatic nitrogens is 1. The maximum Gasteiger partial charge on any atom is 0.160 e. The van der Waals surface area contributed by atoms with Crippen LogP contribution in [-0.4, -0.2) is 4.98 Å². The normalized spacial score (nSPS) is 10.3. The third-order valence-electron chi connectivity index (χ3n) is 2.34. The Hall–Kier alpha value is -2.17. The van der Waals surface area contributed by atoms with Crippen molar-refractivity contribution in [2.45, 2.75) is 6.92 Å². The van der Waals surface area contributed by atoms with E-state index in [4.69, 9.17) is 5.73 Å². The lowest BCUT2D eigenvalue weighted by Crippen LogP contribution is -1.98. The molecule has 0 aliphatic carbocycles. The van der Waals surface area contributed by atoms with Crippen LogP contribution in [0.5, 0.6) is 0 Å². The fraction of sp³-hybridized carbons (Fsp3) is 0.0833. The molecule has 3 nitrogen and oxygen atoms in total. The van der Waals surface area contributed by atoms with Gasteiger partial charge in [0.15, 0.2) is 11.6 Å². The number of aryl methyl sites for hydroxylation is 1. The van der Waals surface area contributed by atoms with E-state index >= 15 is 0 Å². The third-order valence-corrected chi connectivity index (χ3v) is 2.34. The number of nitrogens with zero attached hydrogens (tertiary/aromatic N) is 1. The Morgan fingerprint density at radius 2 is 1.94 bits per heavy atom. The number of hydrogen-bond donors (Lipinski definition) is 2. The van der Waals surface area contributed by atoms with E-state index in [-0.39, 0.29) is 0 Å². The second-order valence-electron chi connectivity index (χ2n) is 3.68. The number of nitrogens with one attached hydrogen (secondary N) is 1. The van der Waals surface area contributed by atoms with E-state index in [1.165, 1.54) is 12.3 Å². The molecule has 1 aromatic carbocycles. The molecule has 2 rings (SSSR count). The van der Waals surface area contributed by atoms with Gasteiger partial charge in [0.25, 0.3) is 0 Å². The lowest BCUT2D eigenvalue weighted by atomic mass is 10.2. The highest BCUT2D eigenvalue weighted by Gasteiger charge is 2.04. The molecule has 5 heteroatoms. The zero-order valence-corrected chi connectivity index (χ0v) is 9.17. The van der Waals surface area contributed by atoms with Gasteiger partial charge in [-0.25, -0.2) is 13.8 Å². The summed E-state index contributed by atoms with van der Waals surface area (Å²) in [5.74, 6) is -1.25. The van der Waals surface area contributed by atoms with Crippen LogP contribution in [0.1, 0.15) is 5.56 Å². The van der Waals surface area contributed by atoms with E-state index in [1.54, 1.807) is 6.07 Å². The summed E-state index contributed by atoms with van der Waals surface area (Å²) < 4.78 is 25.7. The lowest BCUT2D eigenvalue weighted by Gasteiger charge is -2.07. The Morgan fingerprint density at radius 3 is 2.59 bits per heavy atom. The van der Waals surface area contributed by atoms with Crippen molar-refractivity contribution in [1.29, 1.82) is 0 Å².